The fourth-order valence-electron chi connectivity index (χ4n) is 3.17. The Kier molecular flexibility index (Phi) is 8.72. The van der Waals surface area contributed by atoms with E-state index in [2.05, 4.69) is 0 Å². The molecule has 0 aliphatic heterocycles. The van der Waals surface area contributed by atoms with Crippen molar-refractivity contribution in [3.05, 3.63) is 72.4 Å². The minimum absolute atomic E-state index is 0.00699. The molecule has 2 N–H and O–H groups in total. The van der Waals surface area contributed by atoms with Crippen molar-refractivity contribution in [3.63, 3.8) is 0 Å². The third kappa shape index (κ3) is 7.75. The van der Waals surface area contributed by atoms with Gasteiger partial charge in [-0.25, -0.2) is 0 Å². The number of benzene rings is 1. The van der Waals surface area contributed by atoms with E-state index in [9.17, 15) is 14.7 Å². The van der Waals surface area contributed by atoms with Gasteiger partial charge in [0.05, 0.1) is 6.10 Å². The second-order valence-electron chi connectivity index (χ2n) is 6.91. The maximum atomic E-state index is 12.1. The van der Waals surface area contributed by atoms with Crippen LogP contribution in [0.15, 0.2) is 66.8 Å². The van der Waals surface area contributed by atoms with E-state index in [0.717, 1.165) is 6.42 Å². The highest BCUT2D eigenvalue weighted by atomic mass is 16.4. The number of carbonyl (C=O) groups is 2. The summed E-state index contributed by atoms with van der Waals surface area (Å²) in [7, 11) is 0. The Morgan fingerprint density at radius 3 is 2.70 bits per heavy atom. The highest BCUT2D eigenvalue weighted by Crippen LogP contribution is 2.27. The van der Waals surface area contributed by atoms with Crippen LogP contribution in [0, 0.1) is 11.8 Å². The molecule has 0 saturated heterocycles. The van der Waals surface area contributed by atoms with Gasteiger partial charge in [-0.05, 0) is 43.7 Å². The Bertz CT molecular complexity index is 688. The first-order chi connectivity index (χ1) is 13.1. The van der Waals surface area contributed by atoms with Crippen molar-refractivity contribution in [2.75, 3.05) is 0 Å². The molecule has 1 aromatic carbocycles. The Labute approximate surface area is 160 Å². The predicted molar refractivity (Wildman–Crippen MR) is 106 cm³/mol. The van der Waals surface area contributed by atoms with Crippen LogP contribution < -0.4 is 0 Å². The number of carbonyl (C=O) groups excluding carboxylic acids is 1. The SMILES string of the molecule is O=C(O)CCC/C=C\CC1C(=O)C=C[C@@H]1/C=C/C(O)CCc1ccccc1. The smallest absolute Gasteiger partial charge is 0.303 e. The molecule has 1 aromatic rings. The van der Waals surface area contributed by atoms with E-state index in [0.29, 0.717) is 25.7 Å². The number of aliphatic carboxylic acids is 1. The van der Waals surface area contributed by atoms with Crippen LogP contribution in [-0.2, 0) is 16.0 Å². The molecule has 3 atom stereocenters. The largest absolute Gasteiger partial charge is 0.481 e. The van der Waals surface area contributed by atoms with Crippen LogP contribution >= 0.6 is 0 Å². The average molecular weight is 368 g/mol. The summed E-state index contributed by atoms with van der Waals surface area (Å²) in [6, 6.07) is 10.1. The number of ketones is 1. The Morgan fingerprint density at radius 2 is 1.96 bits per heavy atom. The molecule has 0 saturated carbocycles. The Morgan fingerprint density at radius 1 is 1.19 bits per heavy atom. The maximum absolute atomic E-state index is 12.1. The molecule has 1 aliphatic rings. The van der Waals surface area contributed by atoms with Gasteiger partial charge in [0.15, 0.2) is 5.78 Å². The Hall–Kier alpha value is -2.46. The predicted octanol–water partition coefficient (Wildman–Crippen LogP) is 4.11. The molecule has 1 aliphatic carbocycles. The first-order valence-electron chi connectivity index (χ1n) is 9.55. The molecule has 27 heavy (non-hydrogen) atoms. The third-order valence-corrected chi connectivity index (χ3v) is 4.76. The summed E-state index contributed by atoms with van der Waals surface area (Å²) < 4.78 is 0. The second-order valence-corrected chi connectivity index (χ2v) is 6.91. The number of aryl methyl sites for hydroxylation is 1. The van der Waals surface area contributed by atoms with Gasteiger partial charge in [0.25, 0.3) is 0 Å². The zero-order valence-electron chi connectivity index (χ0n) is 15.5. The van der Waals surface area contributed by atoms with Gasteiger partial charge in [-0.3, -0.25) is 9.59 Å². The minimum atomic E-state index is -0.783. The maximum Gasteiger partial charge on any atom is 0.303 e. The fraction of sp³-hybridized carbons (Fsp3) is 0.391. The lowest BCUT2D eigenvalue weighted by molar-refractivity contribution is -0.137. The van der Waals surface area contributed by atoms with E-state index >= 15 is 0 Å². The summed E-state index contributed by atoms with van der Waals surface area (Å²) in [4.78, 5) is 22.5. The molecular weight excluding hydrogens is 340 g/mol. The zero-order chi connectivity index (χ0) is 19.5. The second kappa shape index (κ2) is 11.3. The van der Waals surface area contributed by atoms with E-state index in [4.69, 9.17) is 5.11 Å². The van der Waals surface area contributed by atoms with Gasteiger partial charge in [0.1, 0.15) is 0 Å². The van der Waals surface area contributed by atoms with Crippen molar-refractivity contribution < 1.29 is 19.8 Å². The summed E-state index contributed by atoms with van der Waals surface area (Å²) in [5.74, 6) is -0.793. The molecule has 0 radical (unpaired) electrons. The van der Waals surface area contributed by atoms with E-state index < -0.39 is 12.1 Å². The first-order valence-corrected chi connectivity index (χ1v) is 9.55. The number of carboxylic acids is 1. The highest BCUT2D eigenvalue weighted by Gasteiger charge is 2.27. The lowest BCUT2D eigenvalue weighted by Gasteiger charge is -2.13. The fourth-order valence-corrected chi connectivity index (χ4v) is 3.17. The normalized spacial score (nSPS) is 20.7. The molecule has 2 unspecified atom stereocenters. The lowest BCUT2D eigenvalue weighted by atomic mass is 9.90. The number of aliphatic hydroxyl groups excluding tert-OH is 1. The van der Waals surface area contributed by atoms with Crippen molar-refractivity contribution >= 4 is 11.8 Å². The van der Waals surface area contributed by atoms with Gasteiger partial charge in [-0.15, -0.1) is 0 Å². The summed E-state index contributed by atoms with van der Waals surface area (Å²) in [6.07, 6.45) is 14.2. The number of allylic oxidation sites excluding steroid dienone is 5. The van der Waals surface area contributed by atoms with Crippen LogP contribution in [0.5, 0.6) is 0 Å². The van der Waals surface area contributed by atoms with Crippen LogP contribution in [0.1, 0.15) is 37.7 Å². The van der Waals surface area contributed by atoms with Crippen LogP contribution in [-0.4, -0.2) is 28.1 Å². The summed E-state index contributed by atoms with van der Waals surface area (Å²) in [5.41, 5.74) is 1.20. The monoisotopic (exact) mass is 368 g/mol. The standard InChI is InChI=1S/C23H28O4/c24-20(15-12-18-8-4-3-5-9-18)16-13-19-14-17-22(25)21(19)10-6-1-2-7-11-23(26)27/h1,3-6,8-9,13-14,16-17,19-21,24H,2,7,10-12,15H2,(H,26,27)/b6-1-,16-13+/t19-,20?,21?/m0/s1. The number of hydrogen-bond donors (Lipinski definition) is 2. The molecule has 0 aromatic heterocycles. The van der Waals surface area contributed by atoms with Crippen LogP contribution in [0.4, 0.5) is 0 Å². The lowest BCUT2D eigenvalue weighted by Crippen LogP contribution is -2.14. The van der Waals surface area contributed by atoms with Gasteiger partial charge in [0.2, 0.25) is 0 Å². The van der Waals surface area contributed by atoms with Gasteiger partial charge >= 0.3 is 5.97 Å². The van der Waals surface area contributed by atoms with E-state index in [-0.39, 0.29) is 24.0 Å². The molecule has 0 heterocycles. The molecule has 144 valence electrons. The molecule has 4 heteroatoms. The first kappa shape index (κ1) is 20.8. The summed E-state index contributed by atoms with van der Waals surface area (Å²) in [6.45, 7) is 0. The van der Waals surface area contributed by atoms with Crippen LogP contribution in [0.2, 0.25) is 0 Å². The molecule has 0 fully saturated rings. The number of hydrogen-bond acceptors (Lipinski definition) is 3. The molecular formula is C23H28O4. The third-order valence-electron chi connectivity index (χ3n) is 4.76. The van der Waals surface area contributed by atoms with Gasteiger partial charge in [-0.1, -0.05) is 60.7 Å². The molecule has 0 bridgehead atoms. The van der Waals surface area contributed by atoms with E-state index in [1.165, 1.54) is 5.56 Å². The van der Waals surface area contributed by atoms with E-state index in [1.54, 1.807) is 12.2 Å². The number of carboxylic acid groups (broad SMARTS) is 1. The van der Waals surface area contributed by atoms with Gasteiger partial charge in [0, 0.05) is 18.3 Å². The van der Waals surface area contributed by atoms with Crippen molar-refractivity contribution in [2.45, 2.75) is 44.6 Å². The van der Waals surface area contributed by atoms with Crippen molar-refractivity contribution in [2.24, 2.45) is 11.8 Å². The molecule has 0 amide bonds. The van der Waals surface area contributed by atoms with Crippen molar-refractivity contribution in [1.82, 2.24) is 0 Å². The molecule has 0 spiro atoms. The zero-order valence-corrected chi connectivity index (χ0v) is 15.5. The highest BCUT2D eigenvalue weighted by molar-refractivity contribution is 5.95. The van der Waals surface area contributed by atoms with Crippen LogP contribution in [0.25, 0.3) is 0 Å². The average Bonchev–Trinajstić information content (AvgIpc) is 3.01. The van der Waals surface area contributed by atoms with Crippen molar-refractivity contribution in [1.29, 1.82) is 0 Å². The quantitative estimate of drug-likeness (QED) is 0.455. The van der Waals surface area contributed by atoms with Crippen molar-refractivity contribution in [3.8, 4) is 0 Å². The van der Waals surface area contributed by atoms with E-state index in [1.807, 2.05) is 54.6 Å². The summed E-state index contributed by atoms with van der Waals surface area (Å²) in [5, 5.41) is 18.8. The number of aliphatic hydroxyl groups is 1. The van der Waals surface area contributed by atoms with Crippen LogP contribution in [0.3, 0.4) is 0 Å². The summed E-state index contributed by atoms with van der Waals surface area (Å²) >= 11 is 0. The van der Waals surface area contributed by atoms with Gasteiger partial charge < -0.3 is 10.2 Å². The number of rotatable bonds is 11. The topological polar surface area (TPSA) is 74.6 Å². The molecule has 4 nitrogen and oxygen atoms in total. The van der Waals surface area contributed by atoms with Gasteiger partial charge in [-0.2, -0.15) is 0 Å². The number of unbranched alkanes of at least 4 members (excludes halogenated alkanes) is 1. The Balaban J connectivity index is 1.76. The minimum Gasteiger partial charge on any atom is -0.481 e. The molecule has 2 rings (SSSR count).